The monoisotopic (exact) mass is 198 g/mol. The molecule has 3 heteroatoms. The highest BCUT2D eigenvalue weighted by Crippen LogP contribution is 2.12. The highest BCUT2D eigenvalue weighted by Gasteiger charge is 2.02. The SMILES string of the molecule is CCCCn1[nH]c(C(C)C)cc1=S. The zero-order valence-electron chi connectivity index (χ0n) is 8.63. The summed E-state index contributed by atoms with van der Waals surface area (Å²) in [6.07, 6.45) is 2.39. The molecule has 1 aromatic heterocycles. The normalized spacial score (nSPS) is 11.1. The second-order valence-corrected chi connectivity index (χ2v) is 4.13. The molecule has 0 saturated carbocycles. The summed E-state index contributed by atoms with van der Waals surface area (Å²) < 4.78 is 2.99. The first-order chi connectivity index (χ1) is 6.15. The molecule has 74 valence electrons. The van der Waals surface area contributed by atoms with Gasteiger partial charge in [-0.2, -0.15) is 0 Å². The van der Waals surface area contributed by atoms with Crippen molar-refractivity contribution >= 4 is 12.2 Å². The van der Waals surface area contributed by atoms with E-state index in [0.29, 0.717) is 5.92 Å². The van der Waals surface area contributed by atoms with Gasteiger partial charge in [0, 0.05) is 12.2 Å². The van der Waals surface area contributed by atoms with Crippen LogP contribution < -0.4 is 0 Å². The molecule has 0 spiro atoms. The van der Waals surface area contributed by atoms with Crippen molar-refractivity contribution in [3.05, 3.63) is 16.4 Å². The van der Waals surface area contributed by atoms with Gasteiger partial charge in [-0.3, -0.25) is 4.68 Å². The molecule has 2 nitrogen and oxygen atoms in total. The van der Waals surface area contributed by atoms with Crippen LogP contribution in [0.5, 0.6) is 0 Å². The average Bonchev–Trinajstić information content (AvgIpc) is 2.44. The topological polar surface area (TPSA) is 20.7 Å². The molecule has 0 aliphatic heterocycles. The molecule has 13 heavy (non-hydrogen) atoms. The summed E-state index contributed by atoms with van der Waals surface area (Å²) in [5.41, 5.74) is 1.24. The van der Waals surface area contributed by atoms with E-state index in [1.54, 1.807) is 0 Å². The molecule has 0 aromatic carbocycles. The van der Waals surface area contributed by atoms with Crippen molar-refractivity contribution in [2.24, 2.45) is 0 Å². The molecular weight excluding hydrogens is 180 g/mol. The summed E-state index contributed by atoms with van der Waals surface area (Å²) in [7, 11) is 0. The predicted octanol–water partition coefficient (Wildman–Crippen LogP) is 3.47. The Balaban J connectivity index is 2.78. The van der Waals surface area contributed by atoms with Crippen molar-refractivity contribution in [3.63, 3.8) is 0 Å². The number of H-pyrrole nitrogens is 1. The molecule has 0 fully saturated rings. The molecular formula is C10H18N2S. The smallest absolute Gasteiger partial charge is 0.122 e. The Kier molecular flexibility index (Phi) is 3.72. The summed E-state index contributed by atoms with van der Waals surface area (Å²) in [6, 6.07) is 2.07. The van der Waals surface area contributed by atoms with E-state index < -0.39 is 0 Å². The minimum Gasteiger partial charge on any atom is -0.301 e. The number of nitrogens with zero attached hydrogens (tertiary/aromatic N) is 1. The fraction of sp³-hybridized carbons (Fsp3) is 0.700. The standard InChI is InChI=1S/C10H18N2S/c1-4-5-6-12-10(13)7-9(11-12)8(2)3/h7-8,11H,4-6H2,1-3H3. The third-order valence-corrected chi connectivity index (χ3v) is 2.50. The Morgan fingerprint density at radius 1 is 1.54 bits per heavy atom. The van der Waals surface area contributed by atoms with Crippen LogP contribution in [-0.2, 0) is 6.54 Å². The van der Waals surface area contributed by atoms with E-state index in [1.165, 1.54) is 18.5 Å². The third kappa shape index (κ3) is 2.69. The van der Waals surface area contributed by atoms with Crippen molar-refractivity contribution in [2.45, 2.75) is 46.1 Å². The first-order valence-corrected chi connectivity index (χ1v) is 5.35. The molecule has 0 aliphatic carbocycles. The molecule has 0 unspecified atom stereocenters. The van der Waals surface area contributed by atoms with Crippen molar-refractivity contribution < 1.29 is 0 Å². The number of rotatable bonds is 4. The molecule has 1 aromatic rings. The van der Waals surface area contributed by atoms with Crippen LogP contribution in [0.15, 0.2) is 6.07 Å². The highest BCUT2D eigenvalue weighted by atomic mass is 32.1. The summed E-state index contributed by atoms with van der Waals surface area (Å²) in [5.74, 6) is 0.532. The number of hydrogen-bond acceptors (Lipinski definition) is 1. The van der Waals surface area contributed by atoms with Gasteiger partial charge in [0.25, 0.3) is 0 Å². The maximum Gasteiger partial charge on any atom is 0.122 e. The summed E-state index contributed by atoms with van der Waals surface area (Å²) in [6.45, 7) is 7.55. The first-order valence-electron chi connectivity index (χ1n) is 4.95. The van der Waals surface area contributed by atoms with Gasteiger partial charge in [0.1, 0.15) is 4.64 Å². The number of hydrogen-bond donors (Lipinski definition) is 1. The fourth-order valence-electron chi connectivity index (χ4n) is 1.23. The van der Waals surface area contributed by atoms with Crippen LogP contribution in [0, 0.1) is 4.64 Å². The Bertz CT molecular complexity index is 309. The summed E-state index contributed by atoms with van der Waals surface area (Å²) >= 11 is 5.24. The Morgan fingerprint density at radius 3 is 2.69 bits per heavy atom. The largest absolute Gasteiger partial charge is 0.301 e. The minimum absolute atomic E-state index is 0.532. The molecule has 0 aliphatic rings. The first kappa shape index (κ1) is 10.5. The van der Waals surface area contributed by atoms with Gasteiger partial charge >= 0.3 is 0 Å². The van der Waals surface area contributed by atoms with Gasteiger partial charge in [-0.05, 0) is 18.4 Å². The Labute approximate surface area is 85.0 Å². The molecule has 1 N–H and O–H groups in total. The summed E-state index contributed by atoms with van der Waals surface area (Å²) in [4.78, 5) is 0. The van der Waals surface area contributed by atoms with Gasteiger partial charge in [0.15, 0.2) is 0 Å². The van der Waals surface area contributed by atoms with Gasteiger partial charge in [-0.15, -0.1) is 0 Å². The van der Waals surface area contributed by atoms with Crippen LogP contribution in [0.25, 0.3) is 0 Å². The molecule has 1 heterocycles. The van der Waals surface area contributed by atoms with E-state index in [0.717, 1.165) is 11.2 Å². The number of nitrogens with one attached hydrogen (secondary N) is 1. The van der Waals surface area contributed by atoms with E-state index >= 15 is 0 Å². The zero-order valence-corrected chi connectivity index (χ0v) is 9.45. The van der Waals surface area contributed by atoms with Gasteiger partial charge in [0.05, 0.1) is 0 Å². The lowest BCUT2D eigenvalue weighted by atomic mass is 10.1. The molecule has 0 amide bonds. The number of aryl methyl sites for hydroxylation is 1. The van der Waals surface area contributed by atoms with Crippen molar-refractivity contribution in [3.8, 4) is 0 Å². The van der Waals surface area contributed by atoms with E-state index in [4.69, 9.17) is 12.2 Å². The third-order valence-electron chi connectivity index (χ3n) is 2.17. The quantitative estimate of drug-likeness (QED) is 0.735. The summed E-state index contributed by atoms with van der Waals surface area (Å²) in [5, 5.41) is 3.33. The van der Waals surface area contributed by atoms with E-state index in [1.807, 2.05) is 0 Å². The van der Waals surface area contributed by atoms with Crippen LogP contribution in [0.1, 0.15) is 45.2 Å². The van der Waals surface area contributed by atoms with Crippen molar-refractivity contribution in [2.75, 3.05) is 0 Å². The van der Waals surface area contributed by atoms with Crippen molar-refractivity contribution in [1.82, 2.24) is 9.78 Å². The van der Waals surface area contributed by atoms with Crippen LogP contribution in [0.4, 0.5) is 0 Å². The number of aromatic amines is 1. The second-order valence-electron chi connectivity index (χ2n) is 3.71. The molecule has 0 saturated heterocycles. The maximum atomic E-state index is 5.24. The number of aromatic nitrogens is 2. The maximum absolute atomic E-state index is 5.24. The lowest BCUT2D eigenvalue weighted by Gasteiger charge is -2.02. The Morgan fingerprint density at radius 2 is 2.23 bits per heavy atom. The van der Waals surface area contributed by atoms with E-state index in [9.17, 15) is 0 Å². The van der Waals surface area contributed by atoms with Gasteiger partial charge < -0.3 is 5.10 Å². The number of unbranched alkanes of at least 4 members (excludes halogenated alkanes) is 1. The minimum atomic E-state index is 0.532. The van der Waals surface area contributed by atoms with Crippen LogP contribution in [0.3, 0.4) is 0 Å². The average molecular weight is 198 g/mol. The van der Waals surface area contributed by atoms with Gasteiger partial charge in [0.2, 0.25) is 0 Å². The highest BCUT2D eigenvalue weighted by molar-refractivity contribution is 7.71. The molecule has 1 rings (SSSR count). The molecule has 0 atom stereocenters. The lowest BCUT2D eigenvalue weighted by Crippen LogP contribution is -2.01. The Hall–Kier alpha value is -0.570. The van der Waals surface area contributed by atoms with Crippen molar-refractivity contribution in [1.29, 1.82) is 0 Å². The van der Waals surface area contributed by atoms with E-state index in [2.05, 4.69) is 36.6 Å². The second kappa shape index (κ2) is 4.61. The molecule has 0 radical (unpaired) electrons. The van der Waals surface area contributed by atoms with Crippen LogP contribution in [0.2, 0.25) is 0 Å². The van der Waals surface area contributed by atoms with Crippen LogP contribution >= 0.6 is 12.2 Å². The zero-order chi connectivity index (χ0) is 9.84. The van der Waals surface area contributed by atoms with Gasteiger partial charge in [-0.25, -0.2) is 0 Å². The van der Waals surface area contributed by atoms with Crippen LogP contribution in [-0.4, -0.2) is 9.78 Å². The molecule has 0 bridgehead atoms. The lowest BCUT2D eigenvalue weighted by molar-refractivity contribution is 0.556. The van der Waals surface area contributed by atoms with E-state index in [-0.39, 0.29) is 0 Å². The fourth-order valence-corrected chi connectivity index (χ4v) is 1.50. The predicted molar refractivity (Wildman–Crippen MR) is 58.6 cm³/mol. The van der Waals surface area contributed by atoms with Gasteiger partial charge in [-0.1, -0.05) is 39.4 Å².